The van der Waals surface area contributed by atoms with Crippen molar-refractivity contribution in [3.05, 3.63) is 0 Å². The molecule has 1 aliphatic rings. The summed E-state index contributed by atoms with van der Waals surface area (Å²) in [5.41, 5.74) is 5.39. The predicted molar refractivity (Wildman–Crippen MR) is 60.6 cm³/mol. The van der Waals surface area contributed by atoms with Crippen molar-refractivity contribution in [1.82, 2.24) is 9.03 Å². The third kappa shape index (κ3) is 4.06. The van der Waals surface area contributed by atoms with Gasteiger partial charge in [0.25, 0.3) is 10.2 Å². The van der Waals surface area contributed by atoms with E-state index in [2.05, 4.69) is 4.72 Å². The van der Waals surface area contributed by atoms with Gasteiger partial charge in [-0.2, -0.15) is 17.4 Å². The average molecular weight is 235 g/mol. The number of hydrogen-bond acceptors (Lipinski definition) is 3. The third-order valence-corrected chi connectivity index (χ3v) is 4.21. The van der Waals surface area contributed by atoms with Crippen molar-refractivity contribution in [2.45, 2.75) is 45.2 Å². The molecule has 0 bridgehead atoms. The SMILES string of the molecule is CC(C)N(CCCN)S(=O)(=O)NC1CC1. The van der Waals surface area contributed by atoms with E-state index in [0.29, 0.717) is 19.5 Å². The van der Waals surface area contributed by atoms with Gasteiger partial charge in [-0.1, -0.05) is 0 Å². The second-order valence-corrected chi connectivity index (χ2v) is 5.90. The molecule has 90 valence electrons. The van der Waals surface area contributed by atoms with Gasteiger partial charge in [-0.05, 0) is 39.7 Å². The predicted octanol–water partition coefficient (Wildman–Crippen LogP) is 0.0424. The van der Waals surface area contributed by atoms with Crippen molar-refractivity contribution in [2.24, 2.45) is 5.73 Å². The highest BCUT2D eigenvalue weighted by atomic mass is 32.2. The summed E-state index contributed by atoms with van der Waals surface area (Å²) in [6.07, 6.45) is 2.62. The van der Waals surface area contributed by atoms with Crippen LogP contribution in [0.25, 0.3) is 0 Å². The van der Waals surface area contributed by atoms with E-state index in [-0.39, 0.29) is 12.1 Å². The molecule has 0 heterocycles. The molecule has 1 rings (SSSR count). The lowest BCUT2D eigenvalue weighted by Gasteiger charge is -2.25. The number of nitrogens with one attached hydrogen (secondary N) is 1. The lowest BCUT2D eigenvalue weighted by molar-refractivity contribution is 0.345. The summed E-state index contributed by atoms with van der Waals surface area (Å²) < 4.78 is 28.0. The topological polar surface area (TPSA) is 75.4 Å². The fourth-order valence-electron chi connectivity index (χ4n) is 1.38. The fourth-order valence-corrected chi connectivity index (χ4v) is 3.10. The van der Waals surface area contributed by atoms with E-state index >= 15 is 0 Å². The Morgan fingerprint density at radius 1 is 1.47 bits per heavy atom. The first-order chi connectivity index (χ1) is 6.97. The average Bonchev–Trinajstić information content (AvgIpc) is 2.87. The van der Waals surface area contributed by atoms with Gasteiger partial charge in [0, 0.05) is 18.6 Å². The summed E-state index contributed by atoms with van der Waals surface area (Å²) >= 11 is 0. The number of nitrogens with zero attached hydrogens (tertiary/aromatic N) is 1. The van der Waals surface area contributed by atoms with Crippen molar-refractivity contribution in [3.8, 4) is 0 Å². The zero-order valence-electron chi connectivity index (χ0n) is 9.44. The maximum absolute atomic E-state index is 11.9. The summed E-state index contributed by atoms with van der Waals surface area (Å²) in [5, 5.41) is 0. The molecule has 1 aliphatic carbocycles. The summed E-state index contributed by atoms with van der Waals surface area (Å²) in [6, 6.07) is 0.141. The second kappa shape index (κ2) is 5.25. The molecular weight excluding hydrogens is 214 g/mol. The number of nitrogens with two attached hydrogens (primary N) is 1. The van der Waals surface area contributed by atoms with E-state index < -0.39 is 10.2 Å². The highest BCUT2D eigenvalue weighted by Crippen LogP contribution is 2.21. The zero-order valence-corrected chi connectivity index (χ0v) is 10.3. The smallest absolute Gasteiger partial charge is 0.279 e. The van der Waals surface area contributed by atoms with Gasteiger partial charge in [-0.25, -0.2) is 0 Å². The van der Waals surface area contributed by atoms with Crippen LogP contribution < -0.4 is 10.5 Å². The van der Waals surface area contributed by atoms with E-state index in [1.165, 1.54) is 4.31 Å². The van der Waals surface area contributed by atoms with Crippen molar-refractivity contribution in [1.29, 1.82) is 0 Å². The summed E-state index contributed by atoms with van der Waals surface area (Å²) in [4.78, 5) is 0. The molecular formula is C9H21N3O2S. The van der Waals surface area contributed by atoms with Crippen LogP contribution in [0.2, 0.25) is 0 Å². The Kier molecular flexibility index (Phi) is 4.51. The number of hydrogen-bond donors (Lipinski definition) is 2. The Labute approximate surface area is 92.2 Å². The second-order valence-electron chi connectivity index (χ2n) is 4.24. The van der Waals surface area contributed by atoms with Crippen LogP contribution in [0.3, 0.4) is 0 Å². The van der Waals surface area contributed by atoms with Gasteiger partial charge >= 0.3 is 0 Å². The quantitative estimate of drug-likeness (QED) is 0.654. The van der Waals surface area contributed by atoms with Gasteiger partial charge in [0.15, 0.2) is 0 Å². The van der Waals surface area contributed by atoms with E-state index in [1.807, 2.05) is 13.8 Å². The van der Waals surface area contributed by atoms with E-state index in [0.717, 1.165) is 12.8 Å². The van der Waals surface area contributed by atoms with Gasteiger partial charge in [-0.3, -0.25) is 0 Å². The summed E-state index contributed by atoms with van der Waals surface area (Å²) in [6.45, 7) is 4.77. The normalized spacial score (nSPS) is 17.7. The van der Waals surface area contributed by atoms with Crippen molar-refractivity contribution >= 4 is 10.2 Å². The molecule has 0 saturated heterocycles. The molecule has 0 amide bonds. The Morgan fingerprint density at radius 2 is 2.07 bits per heavy atom. The molecule has 0 aromatic rings. The van der Waals surface area contributed by atoms with Crippen molar-refractivity contribution in [2.75, 3.05) is 13.1 Å². The van der Waals surface area contributed by atoms with Crippen molar-refractivity contribution < 1.29 is 8.42 Å². The number of rotatable bonds is 7. The highest BCUT2D eigenvalue weighted by molar-refractivity contribution is 7.87. The standard InChI is InChI=1S/C9H21N3O2S/c1-8(2)12(7-3-6-10)15(13,14)11-9-4-5-9/h8-9,11H,3-7,10H2,1-2H3. The van der Waals surface area contributed by atoms with Crippen molar-refractivity contribution in [3.63, 3.8) is 0 Å². The van der Waals surface area contributed by atoms with Gasteiger partial charge in [-0.15, -0.1) is 0 Å². The van der Waals surface area contributed by atoms with Gasteiger partial charge < -0.3 is 5.73 Å². The molecule has 0 radical (unpaired) electrons. The van der Waals surface area contributed by atoms with Crippen LogP contribution in [-0.2, 0) is 10.2 Å². The molecule has 6 heteroatoms. The Balaban J connectivity index is 2.59. The first kappa shape index (κ1) is 12.9. The molecule has 0 aliphatic heterocycles. The molecule has 0 atom stereocenters. The van der Waals surface area contributed by atoms with Crippen LogP contribution >= 0.6 is 0 Å². The minimum atomic E-state index is -3.30. The molecule has 0 spiro atoms. The molecule has 1 fully saturated rings. The zero-order chi connectivity index (χ0) is 11.5. The van der Waals surface area contributed by atoms with E-state index in [1.54, 1.807) is 0 Å². The largest absolute Gasteiger partial charge is 0.330 e. The van der Waals surface area contributed by atoms with Crippen LogP contribution in [0, 0.1) is 0 Å². The lowest BCUT2D eigenvalue weighted by Crippen LogP contribution is -2.46. The minimum Gasteiger partial charge on any atom is -0.330 e. The lowest BCUT2D eigenvalue weighted by atomic mass is 10.3. The van der Waals surface area contributed by atoms with Crippen LogP contribution in [-0.4, -0.2) is 37.9 Å². The molecule has 0 unspecified atom stereocenters. The molecule has 0 aromatic heterocycles. The monoisotopic (exact) mass is 235 g/mol. The maximum Gasteiger partial charge on any atom is 0.279 e. The molecule has 1 saturated carbocycles. The van der Waals surface area contributed by atoms with E-state index in [9.17, 15) is 8.42 Å². The Hall–Kier alpha value is -0.170. The summed E-state index contributed by atoms with van der Waals surface area (Å²) in [7, 11) is -3.30. The fraction of sp³-hybridized carbons (Fsp3) is 1.00. The van der Waals surface area contributed by atoms with Gasteiger partial charge in [0.05, 0.1) is 0 Å². The third-order valence-electron chi connectivity index (χ3n) is 2.36. The van der Waals surface area contributed by atoms with Gasteiger partial charge in [0.1, 0.15) is 0 Å². The molecule has 15 heavy (non-hydrogen) atoms. The first-order valence-electron chi connectivity index (χ1n) is 5.46. The van der Waals surface area contributed by atoms with Gasteiger partial charge in [0.2, 0.25) is 0 Å². The summed E-state index contributed by atoms with van der Waals surface area (Å²) in [5.74, 6) is 0. The molecule has 0 aromatic carbocycles. The van der Waals surface area contributed by atoms with Crippen LogP contribution in [0.1, 0.15) is 33.1 Å². The maximum atomic E-state index is 11.9. The van der Waals surface area contributed by atoms with Crippen LogP contribution in [0.4, 0.5) is 0 Å². The Bertz CT molecular complexity index is 286. The minimum absolute atomic E-state index is 0.0206. The highest BCUT2D eigenvalue weighted by Gasteiger charge is 2.31. The first-order valence-corrected chi connectivity index (χ1v) is 6.90. The van der Waals surface area contributed by atoms with Crippen LogP contribution in [0.15, 0.2) is 0 Å². The Morgan fingerprint density at radius 3 is 2.47 bits per heavy atom. The van der Waals surface area contributed by atoms with Crippen LogP contribution in [0.5, 0.6) is 0 Å². The molecule has 5 nitrogen and oxygen atoms in total. The van der Waals surface area contributed by atoms with E-state index in [4.69, 9.17) is 5.73 Å². The molecule has 3 N–H and O–H groups in total.